The van der Waals surface area contributed by atoms with Gasteiger partial charge in [-0.25, -0.2) is 0 Å². The van der Waals surface area contributed by atoms with Crippen LogP contribution < -0.4 is 5.30 Å². The predicted octanol–water partition coefficient (Wildman–Crippen LogP) is 5.32. The van der Waals surface area contributed by atoms with E-state index in [-0.39, 0.29) is 0 Å². The second-order valence-corrected chi connectivity index (χ2v) is 6.12. The van der Waals surface area contributed by atoms with Crippen LogP contribution in [-0.2, 0) is 0 Å². The number of rotatable bonds is 9. The molecular formula is C16H26P. The predicted molar refractivity (Wildman–Crippen MR) is 80.6 cm³/mol. The van der Waals surface area contributed by atoms with Crippen LogP contribution in [0.15, 0.2) is 24.3 Å². The first kappa shape index (κ1) is 14.7. The molecule has 0 saturated heterocycles. The molecule has 17 heavy (non-hydrogen) atoms. The van der Waals surface area contributed by atoms with Gasteiger partial charge in [-0.3, -0.25) is 0 Å². The molecule has 0 heterocycles. The lowest BCUT2D eigenvalue weighted by Crippen LogP contribution is -1.94. The number of hydrogen-bond donors (Lipinski definition) is 0. The van der Waals surface area contributed by atoms with Crippen LogP contribution in [0.1, 0.15) is 57.4 Å². The lowest BCUT2D eigenvalue weighted by molar-refractivity contribution is 0.603. The third kappa shape index (κ3) is 7.55. The fraction of sp³-hybridized carbons (Fsp3) is 0.625. The first-order valence-electron chi connectivity index (χ1n) is 7.07. The Morgan fingerprint density at radius 3 is 2.06 bits per heavy atom. The van der Waals surface area contributed by atoms with E-state index in [9.17, 15) is 0 Å². The summed E-state index contributed by atoms with van der Waals surface area (Å²) in [5.41, 5.74) is 1.36. The molecule has 1 heteroatoms. The average Bonchev–Trinajstić information content (AvgIpc) is 2.35. The molecule has 1 aromatic carbocycles. The maximum Gasteiger partial charge on any atom is -0.0193 e. The Hall–Kier alpha value is -0.350. The molecule has 0 fully saturated rings. The third-order valence-corrected chi connectivity index (χ3v) is 4.29. The fourth-order valence-electron chi connectivity index (χ4n) is 1.93. The van der Waals surface area contributed by atoms with E-state index in [1.54, 1.807) is 0 Å². The lowest BCUT2D eigenvalue weighted by Gasteiger charge is -2.02. The minimum atomic E-state index is 1.33. The lowest BCUT2D eigenvalue weighted by atomic mass is 10.1. The molecule has 95 valence electrons. The largest absolute Gasteiger partial charge is 0.0654 e. The Morgan fingerprint density at radius 2 is 1.41 bits per heavy atom. The maximum absolute atomic E-state index is 2.28. The summed E-state index contributed by atoms with van der Waals surface area (Å²) in [6.45, 7) is 4.43. The summed E-state index contributed by atoms with van der Waals surface area (Å²) < 4.78 is 0. The highest BCUT2D eigenvalue weighted by Gasteiger charge is 1.95. The highest BCUT2D eigenvalue weighted by Crippen LogP contribution is 2.15. The quantitative estimate of drug-likeness (QED) is 0.410. The maximum atomic E-state index is 2.28. The Bertz CT molecular complexity index is 276. The van der Waals surface area contributed by atoms with Crippen molar-refractivity contribution in [2.45, 2.75) is 58.8 Å². The minimum Gasteiger partial charge on any atom is -0.0654 e. The van der Waals surface area contributed by atoms with E-state index < -0.39 is 0 Å². The van der Waals surface area contributed by atoms with Crippen molar-refractivity contribution in [1.29, 1.82) is 0 Å². The van der Waals surface area contributed by atoms with Gasteiger partial charge in [-0.05, 0) is 33.4 Å². The van der Waals surface area contributed by atoms with Crippen LogP contribution in [0.25, 0.3) is 0 Å². The highest BCUT2D eigenvalue weighted by atomic mass is 31.1. The number of benzene rings is 1. The molecule has 1 aromatic rings. The highest BCUT2D eigenvalue weighted by molar-refractivity contribution is 7.47. The average molecular weight is 249 g/mol. The Kier molecular flexibility index (Phi) is 8.36. The zero-order chi connectivity index (χ0) is 12.3. The second kappa shape index (κ2) is 9.66. The van der Waals surface area contributed by atoms with Gasteiger partial charge in [0.15, 0.2) is 0 Å². The summed E-state index contributed by atoms with van der Waals surface area (Å²) in [4.78, 5) is 0. The van der Waals surface area contributed by atoms with Gasteiger partial charge in [-0.2, -0.15) is 0 Å². The molecule has 1 rings (SSSR count). The standard InChI is InChI=1S/C16H26P/c1-3-4-5-6-7-8-9-14-17-16-12-10-15(2)11-13-16/h10-13H,3-9,14H2,1-2H3. The normalized spacial score (nSPS) is 11.4. The fourth-order valence-corrected chi connectivity index (χ4v) is 2.93. The number of hydrogen-bond acceptors (Lipinski definition) is 0. The van der Waals surface area contributed by atoms with Gasteiger partial charge < -0.3 is 0 Å². The zero-order valence-electron chi connectivity index (χ0n) is 11.4. The van der Waals surface area contributed by atoms with Crippen molar-refractivity contribution in [1.82, 2.24) is 0 Å². The second-order valence-electron chi connectivity index (χ2n) is 4.84. The van der Waals surface area contributed by atoms with Gasteiger partial charge >= 0.3 is 0 Å². The van der Waals surface area contributed by atoms with Gasteiger partial charge in [-0.15, -0.1) is 0 Å². The summed E-state index contributed by atoms with van der Waals surface area (Å²) in [6, 6.07) is 8.95. The van der Waals surface area contributed by atoms with Gasteiger partial charge in [0.1, 0.15) is 0 Å². The zero-order valence-corrected chi connectivity index (χ0v) is 12.3. The van der Waals surface area contributed by atoms with Gasteiger partial charge in [0, 0.05) is 0 Å². The SMILES string of the molecule is CCCCCCCCC[P]c1ccc(C)cc1. The minimum absolute atomic E-state index is 1.33. The van der Waals surface area contributed by atoms with Crippen molar-refractivity contribution >= 4 is 13.9 Å². The Morgan fingerprint density at radius 1 is 0.824 bits per heavy atom. The Labute approximate surface area is 109 Å². The van der Waals surface area contributed by atoms with Crippen LogP contribution in [0, 0.1) is 6.92 Å². The van der Waals surface area contributed by atoms with Crippen LogP contribution in [0.2, 0.25) is 0 Å². The van der Waals surface area contributed by atoms with Crippen LogP contribution >= 0.6 is 8.58 Å². The van der Waals surface area contributed by atoms with E-state index >= 15 is 0 Å². The number of aryl methyl sites for hydroxylation is 1. The van der Waals surface area contributed by atoms with Crippen molar-refractivity contribution < 1.29 is 0 Å². The van der Waals surface area contributed by atoms with Gasteiger partial charge in [-0.1, -0.05) is 75.3 Å². The molecule has 0 aliphatic heterocycles. The molecule has 1 radical (unpaired) electrons. The van der Waals surface area contributed by atoms with Crippen molar-refractivity contribution in [3.63, 3.8) is 0 Å². The first-order chi connectivity index (χ1) is 8.33. The molecule has 0 aliphatic rings. The van der Waals surface area contributed by atoms with Crippen LogP contribution in [0.4, 0.5) is 0 Å². The van der Waals surface area contributed by atoms with Crippen LogP contribution in [0.3, 0.4) is 0 Å². The van der Waals surface area contributed by atoms with E-state index in [1.165, 1.54) is 70.6 Å². The summed E-state index contributed by atoms with van der Waals surface area (Å²) in [5, 5.41) is 1.47. The molecule has 0 bridgehead atoms. The topological polar surface area (TPSA) is 0 Å². The number of unbranched alkanes of at least 4 members (excludes halogenated alkanes) is 6. The van der Waals surface area contributed by atoms with Crippen LogP contribution in [0.5, 0.6) is 0 Å². The van der Waals surface area contributed by atoms with Crippen molar-refractivity contribution in [2.24, 2.45) is 0 Å². The monoisotopic (exact) mass is 249 g/mol. The molecule has 0 amide bonds. The third-order valence-electron chi connectivity index (χ3n) is 3.09. The Balaban J connectivity index is 1.95. The van der Waals surface area contributed by atoms with E-state index in [1.807, 2.05) is 0 Å². The van der Waals surface area contributed by atoms with Crippen molar-refractivity contribution in [3.05, 3.63) is 29.8 Å². The van der Waals surface area contributed by atoms with Gasteiger partial charge in [0.05, 0.1) is 0 Å². The molecule has 0 nitrogen and oxygen atoms in total. The molecule has 0 unspecified atom stereocenters. The molecule has 0 N–H and O–H groups in total. The molecule has 0 saturated carbocycles. The van der Waals surface area contributed by atoms with Crippen LogP contribution in [-0.4, -0.2) is 6.16 Å². The van der Waals surface area contributed by atoms with Gasteiger partial charge in [0.2, 0.25) is 0 Å². The molecule has 0 spiro atoms. The van der Waals surface area contributed by atoms with Crippen molar-refractivity contribution in [3.8, 4) is 0 Å². The molecule has 0 atom stereocenters. The van der Waals surface area contributed by atoms with E-state index in [2.05, 4.69) is 38.1 Å². The smallest absolute Gasteiger partial charge is 0.0193 e. The molecule has 0 aromatic heterocycles. The summed E-state index contributed by atoms with van der Waals surface area (Å²) in [5.74, 6) is 0. The first-order valence-corrected chi connectivity index (χ1v) is 8.15. The summed E-state index contributed by atoms with van der Waals surface area (Å²) in [6.07, 6.45) is 11.2. The van der Waals surface area contributed by atoms with Gasteiger partial charge in [0.25, 0.3) is 0 Å². The van der Waals surface area contributed by atoms with E-state index in [0.29, 0.717) is 0 Å². The molecule has 0 aliphatic carbocycles. The van der Waals surface area contributed by atoms with Crippen molar-refractivity contribution in [2.75, 3.05) is 6.16 Å². The summed E-state index contributed by atoms with van der Waals surface area (Å²) in [7, 11) is 1.51. The van der Waals surface area contributed by atoms with E-state index in [0.717, 1.165) is 0 Å². The van der Waals surface area contributed by atoms with E-state index in [4.69, 9.17) is 0 Å². The summed E-state index contributed by atoms with van der Waals surface area (Å²) >= 11 is 0. The molecular weight excluding hydrogens is 223 g/mol.